The summed E-state index contributed by atoms with van der Waals surface area (Å²) in [5.41, 5.74) is 4.33. The molecule has 0 aliphatic carbocycles. The fourth-order valence-electron chi connectivity index (χ4n) is 2.10. The van der Waals surface area contributed by atoms with Crippen LogP contribution in [-0.4, -0.2) is 43.6 Å². The van der Waals surface area contributed by atoms with E-state index in [0.29, 0.717) is 25.8 Å². The van der Waals surface area contributed by atoms with Crippen LogP contribution < -0.4 is 15.8 Å². The van der Waals surface area contributed by atoms with Gasteiger partial charge in [0.15, 0.2) is 23.2 Å². The summed E-state index contributed by atoms with van der Waals surface area (Å²) in [5, 5.41) is 2.61. The van der Waals surface area contributed by atoms with E-state index in [4.69, 9.17) is 15.2 Å². The van der Waals surface area contributed by atoms with Crippen molar-refractivity contribution in [2.75, 3.05) is 20.3 Å². The maximum atomic E-state index is 13.6. The molecule has 0 aromatic heterocycles. The SMILES string of the molecule is COC(C)(C)C(=O)NC(CCCCN)C(=O)COc1c(F)cccc1F. The number of para-hydroxylation sites is 1. The lowest BCUT2D eigenvalue weighted by Gasteiger charge is -2.25. The zero-order valence-electron chi connectivity index (χ0n) is 15.3. The molecule has 8 heteroatoms. The fraction of sp³-hybridized carbons (Fsp3) is 0.556. The van der Waals surface area contributed by atoms with E-state index in [1.165, 1.54) is 13.2 Å². The van der Waals surface area contributed by atoms with Gasteiger partial charge < -0.3 is 20.5 Å². The molecule has 26 heavy (non-hydrogen) atoms. The molecule has 0 fully saturated rings. The first-order valence-corrected chi connectivity index (χ1v) is 8.38. The summed E-state index contributed by atoms with van der Waals surface area (Å²) >= 11 is 0. The number of methoxy groups -OCH3 is 1. The number of nitrogens with one attached hydrogen (secondary N) is 1. The minimum atomic E-state index is -1.12. The number of carbonyl (C=O) groups excluding carboxylic acids is 2. The number of unbranched alkanes of at least 4 members (excludes halogenated alkanes) is 1. The van der Waals surface area contributed by atoms with Crippen LogP contribution in [0.1, 0.15) is 33.1 Å². The molecule has 1 aromatic carbocycles. The van der Waals surface area contributed by atoms with Gasteiger partial charge in [-0.25, -0.2) is 8.78 Å². The number of benzene rings is 1. The number of hydrogen-bond donors (Lipinski definition) is 2. The minimum Gasteiger partial charge on any atom is -0.480 e. The number of rotatable bonds is 11. The van der Waals surface area contributed by atoms with E-state index in [2.05, 4.69) is 5.32 Å². The smallest absolute Gasteiger partial charge is 0.252 e. The Morgan fingerprint density at radius 3 is 2.38 bits per heavy atom. The minimum absolute atomic E-state index is 0.338. The summed E-state index contributed by atoms with van der Waals surface area (Å²) in [6.07, 6.45) is 1.62. The quantitative estimate of drug-likeness (QED) is 0.580. The first-order chi connectivity index (χ1) is 12.2. The molecule has 146 valence electrons. The van der Waals surface area contributed by atoms with Crippen molar-refractivity contribution >= 4 is 11.7 Å². The summed E-state index contributed by atoms with van der Waals surface area (Å²) in [4.78, 5) is 24.7. The van der Waals surface area contributed by atoms with Crippen LogP contribution in [0.2, 0.25) is 0 Å². The summed E-state index contributed by atoms with van der Waals surface area (Å²) in [6.45, 7) is 3.01. The molecule has 3 N–H and O–H groups in total. The van der Waals surface area contributed by atoms with Crippen molar-refractivity contribution < 1.29 is 27.8 Å². The first kappa shape index (κ1) is 22.0. The Hall–Kier alpha value is -2.06. The highest BCUT2D eigenvalue weighted by atomic mass is 19.1. The van der Waals surface area contributed by atoms with Crippen LogP contribution in [0.15, 0.2) is 18.2 Å². The maximum absolute atomic E-state index is 13.6. The normalized spacial score (nSPS) is 12.5. The van der Waals surface area contributed by atoms with E-state index in [1.807, 2.05) is 0 Å². The second kappa shape index (κ2) is 10.2. The van der Waals surface area contributed by atoms with Crippen molar-refractivity contribution in [3.05, 3.63) is 29.8 Å². The highest BCUT2D eigenvalue weighted by Gasteiger charge is 2.31. The van der Waals surface area contributed by atoms with Crippen LogP contribution in [-0.2, 0) is 14.3 Å². The second-order valence-corrected chi connectivity index (χ2v) is 6.33. The number of ether oxygens (including phenoxy) is 2. The molecule has 0 aliphatic heterocycles. The van der Waals surface area contributed by atoms with E-state index >= 15 is 0 Å². The molecule has 0 spiro atoms. The average Bonchev–Trinajstić information content (AvgIpc) is 2.60. The number of hydrogen-bond acceptors (Lipinski definition) is 5. The number of ketones is 1. The molecule has 1 rings (SSSR count). The summed E-state index contributed by atoms with van der Waals surface area (Å²) < 4.78 is 37.3. The first-order valence-electron chi connectivity index (χ1n) is 8.38. The molecule has 1 amide bonds. The topological polar surface area (TPSA) is 90.6 Å². The van der Waals surface area contributed by atoms with Crippen LogP contribution >= 0.6 is 0 Å². The molecule has 0 heterocycles. The summed E-state index contributed by atoms with van der Waals surface area (Å²) in [7, 11) is 1.38. The molecule has 0 saturated heterocycles. The summed E-state index contributed by atoms with van der Waals surface area (Å²) in [6, 6.07) is 2.40. The van der Waals surface area contributed by atoms with Crippen molar-refractivity contribution in [3.8, 4) is 5.75 Å². The Morgan fingerprint density at radius 1 is 1.23 bits per heavy atom. The van der Waals surface area contributed by atoms with Crippen LogP contribution in [0.4, 0.5) is 8.78 Å². The lowest BCUT2D eigenvalue weighted by molar-refractivity contribution is -0.142. The van der Waals surface area contributed by atoms with Gasteiger partial charge in [0.1, 0.15) is 12.2 Å². The van der Waals surface area contributed by atoms with Gasteiger partial charge in [-0.1, -0.05) is 6.07 Å². The van der Waals surface area contributed by atoms with Gasteiger partial charge in [-0.3, -0.25) is 9.59 Å². The standard InChI is InChI=1S/C18H26F2N2O4/c1-18(2,25-3)17(24)22-14(9-4-5-10-21)15(23)11-26-16-12(19)7-6-8-13(16)20/h6-8,14H,4-5,9-11,21H2,1-3H3,(H,22,24). The zero-order chi connectivity index (χ0) is 19.7. The van der Waals surface area contributed by atoms with Gasteiger partial charge in [-0.05, 0) is 51.8 Å². The highest BCUT2D eigenvalue weighted by Crippen LogP contribution is 2.21. The van der Waals surface area contributed by atoms with Gasteiger partial charge in [0.05, 0.1) is 6.04 Å². The maximum Gasteiger partial charge on any atom is 0.252 e. The lowest BCUT2D eigenvalue weighted by Crippen LogP contribution is -2.51. The molecular formula is C18H26F2N2O4. The summed E-state index contributed by atoms with van der Waals surface area (Å²) in [5.74, 6) is -3.39. The van der Waals surface area contributed by atoms with Crippen LogP contribution in [0, 0.1) is 11.6 Å². The van der Waals surface area contributed by atoms with Crippen molar-refractivity contribution in [2.24, 2.45) is 5.73 Å². The monoisotopic (exact) mass is 372 g/mol. The number of Topliss-reactive ketones (excluding diaryl/α,β-unsaturated/α-hetero) is 1. The van der Waals surface area contributed by atoms with Crippen molar-refractivity contribution in [1.82, 2.24) is 5.32 Å². The predicted octanol–water partition coefficient (Wildman–Crippen LogP) is 1.95. The van der Waals surface area contributed by atoms with Crippen LogP contribution in [0.3, 0.4) is 0 Å². The number of amides is 1. The zero-order valence-corrected chi connectivity index (χ0v) is 15.3. The molecule has 1 unspecified atom stereocenters. The third kappa shape index (κ3) is 6.34. The number of nitrogens with two attached hydrogens (primary N) is 1. The molecule has 0 aliphatic rings. The van der Waals surface area contributed by atoms with E-state index in [1.54, 1.807) is 13.8 Å². The highest BCUT2D eigenvalue weighted by molar-refractivity contribution is 5.92. The van der Waals surface area contributed by atoms with Gasteiger partial charge in [-0.15, -0.1) is 0 Å². The lowest BCUT2D eigenvalue weighted by atomic mass is 10.0. The molecule has 0 radical (unpaired) electrons. The van der Waals surface area contributed by atoms with Gasteiger partial charge in [-0.2, -0.15) is 0 Å². The Balaban J connectivity index is 2.78. The van der Waals surface area contributed by atoms with E-state index in [0.717, 1.165) is 12.1 Å². The second-order valence-electron chi connectivity index (χ2n) is 6.33. The molecule has 0 saturated carbocycles. The Bertz CT molecular complexity index is 603. The van der Waals surface area contributed by atoms with Crippen molar-refractivity contribution in [2.45, 2.75) is 44.8 Å². The molecule has 1 atom stereocenters. The molecular weight excluding hydrogens is 346 g/mol. The van der Waals surface area contributed by atoms with Crippen LogP contribution in [0.25, 0.3) is 0 Å². The molecule has 0 bridgehead atoms. The molecule has 6 nitrogen and oxygen atoms in total. The Kier molecular flexibility index (Phi) is 8.60. The van der Waals surface area contributed by atoms with Crippen LogP contribution in [0.5, 0.6) is 5.75 Å². The average molecular weight is 372 g/mol. The van der Waals surface area contributed by atoms with Gasteiger partial charge in [0.2, 0.25) is 0 Å². The Labute approximate surface area is 152 Å². The number of halogens is 2. The third-order valence-electron chi connectivity index (χ3n) is 3.98. The fourth-order valence-corrected chi connectivity index (χ4v) is 2.10. The van der Waals surface area contributed by atoms with Gasteiger partial charge in [0.25, 0.3) is 5.91 Å². The van der Waals surface area contributed by atoms with Crippen molar-refractivity contribution in [1.29, 1.82) is 0 Å². The van der Waals surface area contributed by atoms with E-state index < -0.39 is 47.3 Å². The number of carbonyl (C=O) groups is 2. The van der Waals surface area contributed by atoms with E-state index in [-0.39, 0.29) is 0 Å². The Morgan fingerprint density at radius 2 is 1.85 bits per heavy atom. The van der Waals surface area contributed by atoms with Gasteiger partial charge in [0, 0.05) is 7.11 Å². The predicted molar refractivity (Wildman–Crippen MR) is 92.8 cm³/mol. The largest absolute Gasteiger partial charge is 0.480 e. The molecule has 1 aromatic rings. The van der Waals surface area contributed by atoms with Gasteiger partial charge >= 0.3 is 0 Å². The van der Waals surface area contributed by atoms with E-state index in [9.17, 15) is 18.4 Å². The van der Waals surface area contributed by atoms with Crippen molar-refractivity contribution in [3.63, 3.8) is 0 Å². The third-order valence-corrected chi connectivity index (χ3v) is 3.98.